The SMILES string of the molecule is O=C(O)c1c(-c2ccccc2F)nc2cc(Cl)ccn12. The van der Waals surface area contributed by atoms with Gasteiger partial charge in [0.05, 0.1) is 0 Å². The zero-order chi connectivity index (χ0) is 14.3. The van der Waals surface area contributed by atoms with Gasteiger partial charge in [0.15, 0.2) is 5.69 Å². The highest BCUT2D eigenvalue weighted by atomic mass is 35.5. The summed E-state index contributed by atoms with van der Waals surface area (Å²) in [6.45, 7) is 0. The Balaban J connectivity index is 2.38. The third kappa shape index (κ3) is 1.92. The summed E-state index contributed by atoms with van der Waals surface area (Å²) in [5, 5.41) is 9.79. The van der Waals surface area contributed by atoms with Crippen molar-refractivity contribution >= 4 is 23.2 Å². The Bertz CT molecular complexity index is 829. The monoisotopic (exact) mass is 290 g/mol. The van der Waals surface area contributed by atoms with Gasteiger partial charge in [-0.25, -0.2) is 14.2 Å². The summed E-state index contributed by atoms with van der Waals surface area (Å²) in [5.41, 5.74) is 0.484. The Hall–Kier alpha value is -2.40. The number of carboxylic acids is 1. The number of hydrogen-bond acceptors (Lipinski definition) is 2. The number of carbonyl (C=O) groups is 1. The topological polar surface area (TPSA) is 54.6 Å². The van der Waals surface area contributed by atoms with E-state index in [1.165, 1.54) is 34.9 Å². The zero-order valence-corrected chi connectivity index (χ0v) is 10.8. The number of imidazole rings is 1. The van der Waals surface area contributed by atoms with Crippen molar-refractivity contribution in [3.8, 4) is 11.3 Å². The summed E-state index contributed by atoms with van der Waals surface area (Å²) >= 11 is 5.86. The lowest BCUT2D eigenvalue weighted by Gasteiger charge is -2.01. The highest BCUT2D eigenvalue weighted by molar-refractivity contribution is 6.30. The van der Waals surface area contributed by atoms with Crippen molar-refractivity contribution in [2.45, 2.75) is 0 Å². The second-order valence-electron chi connectivity index (χ2n) is 4.17. The molecular weight excluding hydrogens is 283 g/mol. The number of fused-ring (bicyclic) bond motifs is 1. The van der Waals surface area contributed by atoms with Gasteiger partial charge in [-0.15, -0.1) is 0 Å². The molecule has 0 saturated heterocycles. The number of benzene rings is 1. The first-order valence-electron chi connectivity index (χ1n) is 5.74. The lowest BCUT2D eigenvalue weighted by atomic mass is 10.1. The molecule has 0 aliphatic heterocycles. The smallest absolute Gasteiger partial charge is 0.355 e. The van der Waals surface area contributed by atoms with Gasteiger partial charge in [-0.05, 0) is 18.2 Å². The largest absolute Gasteiger partial charge is 0.476 e. The van der Waals surface area contributed by atoms with Gasteiger partial charge in [0.25, 0.3) is 0 Å². The third-order valence-electron chi connectivity index (χ3n) is 2.92. The van der Waals surface area contributed by atoms with E-state index in [9.17, 15) is 14.3 Å². The summed E-state index contributed by atoms with van der Waals surface area (Å²) in [5.74, 6) is -1.71. The van der Waals surface area contributed by atoms with Crippen LogP contribution in [0.25, 0.3) is 16.9 Å². The molecule has 0 unspecified atom stereocenters. The van der Waals surface area contributed by atoms with E-state index >= 15 is 0 Å². The second kappa shape index (κ2) is 4.61. The van der Waals surface area contributed by atoms with Crippen molar-refractivity contribution in [3.05, 3.63) is 59.1 Å². The number of nitrogens with zero attached hydrogens (tertiary/aromatic N) is 2. The Kier molecular flexibility index (Phi) is 2.91. The van der Waals surface area contributed by atoms with E-state index < -0.39 is 11.8 Å². The van der Waals surface area contributed by atoms with Gasteiger partial charge in [-0.3, -0.25) is 4.40 Å². The predicted octanol–water partition coefficient (Wildman–Crippen LogP) is 3.49. The van der Waals surface area contributed by atoms with Gasteiger partial charge >= 0.3 is 5.97 Å². The van der Waals surface area contributed by atoms with Gasteiger partial charge in [0.2, 0.25) is 0 Å². The molecular formula is C14H8ClFN2O2. The standard InChI is InChI=1S/C14H8ClFN2O2/c15-8-5-6-18-11(7-8)17-12(13(18)14(19)20)9-3-1-2-4-10(9)16/h1-7H,(H,19,20). The number of aromatic nitrogens is 2. The van der Waals surface area contributed by atoms with Gasteiger partial charge in [0, 0.05) is 22.8 Å². The molecule has 0 atom stereocenters. The molecule has 6 heteroatoms. The Morgan fingerprint density at radius 2 is 2.05 bits per heavy atom. The summed E-state index contributed by atoms with van der Waals surface area (Å²) in [6, 6.07) is 8.99. The van der Waals surface area contributed by atoms with Crippen LogP contribution in [0.1, 0.15) is 10.5 Å². The van der Waals surface area contributed by atoms with Crippen molar-refractivity contribution in [2.75, 3.05) is 0 Å². The number of rotatable bonds is 2. The molecule has 0 spiro atoms. The van der Waals surface area contributed by atoms with E-state index in [2.05, 4.69) is 4.98 Å². The molecule has 0 aliphatic carbocycles. The first-order valence-corrected chi connectivity index (χ1v) is 6.11. The van der Waals surface area contributed by atoms with Gasteiger partial charge in [-0.1, -0.05) is 23.7 Å². The highest BCUT2D eigenvalue weighted by Gasteiger charge is 2.21. The molecule has 3 aromatic rings. The third-order valence-corrected chi connectivity index (χ3v) is 3.15. The fourth-order valence-corrected chi connectivity index (χ4v) is 2.22. The molecule has 2 aromatic heterocycles. The minimum atomic E-state index is -1.18. The molecule has 2 heterocycles. The lowest BCUT2D eigenvalue weighted by molar-refractivity contribution is 0.0690. The van der Waals surface area contributed by atoms with E-state index in [0.29, 0.717) is 10.7 Å². The molecule has 0 bridgehead atoms. The highest BCUT2D eigenvalue weighted by Crippen LogP contribution is 2.27. The van der Waals surface area contributed by atoms with Crippen LogP contribution in [0.5, 0.6) is 0 Å². The molecule has 0 radical (unpaired) electrons. The number of pyridine rings is 1. The Morgan fingerprint density at radius 1 is 1.30 bits per heavy atom. The van der Waals surface area contributed by atoms with Crippen molar-refractivity contribution in [1.29, 1.82) is 0 Å². The minimum Gasteiger partial charge on any atom is -0.476 e. The minimum absolute atomic E-state index is 0.0814. The number of carboxylic acid groups (broad SMARTS) is 1. The molecule has 0 fully saturated rings. The van der Waals surface area contributed by atoms with Crippen LogP contribution in [0.2, 0.25) is 5.02 Å². The predicted molar refractivity (Wildman–Crippen MR) is 72.6 cm³/mol. The van der Waals surface area contributed by atoms with E-state index in [0.717, 1.165) is 0 Å². The van der Waals surface area contributed by atoms with Crippen LogP contribution in [-0.4, -0.2) is 20.5 Å². The summed E-state index contributed by atoms with van der Waals surface area (Å²) in [6.07, 6.45) is 1.50. The maximum atomic E-state index is 13.9. The van der Waals surface area contributed by atoms with E-state index in [1.807, 2.05) is 0 Å². The van der Waals surface area contributed by atoms with E-state index in [4.69, 9.17) is 11.6 Å². The summed E-state index contributed by atoms with van der Waals surface area (Å²) in [4.78, 5) is 15.6. The zero-order valence-electron chi connectivity index (χ0n) is 10.0. The van der Waals surface area contributed by atoms with Crippen LogP contribution in [0, 0.1) is 5.82 Å². The van der Waals surface area contributed by atoms with Crippen molar-refractivity contribution in [1.82, 2.24) is 9.38 Å². The van der Waals surface area contributed by atoms with Gasteiger partial charge in [-0.2, -0.15) is 0 Å². The van der Waals surface area contributed by atoms with Crippen LogP contribution in [-0.2, 0) is 0 Å². The van der Waals surface area contributed by atoms with Crippen LogP contribution in [0.3, 0.4) is 0 Å². The number of aromatic carboxylic acids is 1. The van der Waals surface area contributed by atoms with Crippen LogP contribution in [0.15, 0.2) is 42.6 Å². The average molecular weight is 291 g/mol. The Labute approximate surface area is 118 Å². The fourth-order valence-electron chi connectivity index (χ4n) is 2.07. The molecule has 100 valence electrons. The first-order chi connectivity index (χ1) is 9.58. The van der Waals surface area contributed by atoms with E-state index in [-0.39, 0.29) is 17.0 Å². The van der Waals surface area contributed by atoms with Crippen molar-refractivity contribution in [2.24, 2.45) is 0 Å². The number of halogens is 2. The summed E-state index contributed by atoms with van der Waals surface area (Å²) in [7, 11) is 0. The maximum Gasteiger partial charge on any atom is 0.355 e. The molecule has 4 nitrogen and oxygen atoms in total. The molecule has 0 saturated carbocycles. The summed E-state index contributed by atoms with van der Waals surface area (Å²) < 4.78 is 15.2. The van der Waals surface area contributed by atoms with Gasteiger partial charge < -0.3 is 5.11 Å². The van der Waals surface area contributed by atoms with Crippen LogP contribution < -0.4 is 0 Å². The molecule has 20 heavy (non-hydrogen) atoms. The lowest BCUT2D eigenvalue weighted by Crippen LogP contribution is -2.03. The molecule has 0 aliphatic rings. The van der Waals surface area contributed by atoms with Gasteiger partial charge in [0.1, 0.15) is 17.2 Å². The quantitative estimate of drug-likeness (QED) is 0.786. The molecule has 0 amide bonds. The van der Waals surface area contributed by atoms with Crippen molar-refractivity contribution in [3.63, 3.8) is 0 Å². The molecule has 1 N–H and O–H groups in total. The normalized spacial score (nSPS) is 10.9. The average Bonchev–Trinajstić information content (AvgIpc) is 2.77. The number of hydrogen-bond donors (Lipinski definition) is 1. The fraction of sp³-hybridized carbons (Fsp3) is 0. The maximum absolute atomic E-state index is 13.9. The molecule has 3 rings (SSSR count). The van der Waals surface area contributed by atoms with Crippen molar-refractivity contribution < 1.29 is 14.3 Å². The Morgan fingerprint density at radius 3 is 2.75 bits per heavy atom. The first kappa shape index (κ1) is 12.6. The molecule has 1 aromatic carbocycles. The van der Waals surface area contributed by atoms with Crippen LogP contribution >= 0.6 is 11.6 Å². The second-order valence-corrected chi connectivity index (χ2v) is 4.60. The van der Waals surface area contributed by atoms with Crippen LogP contribution in [0.4, 0.5) is 4.39 Å². The van der Waals surface area contributed by atoms with E-state index in [1.54, 1.807) is 12.1 Å².